The lowest BCUT2D eigenvalue weighted by atomic mass is 10.1. The number of amides is 1. The van der Waals surface area contributed by atoms with Crippen LogP contribution in [0.3, 0.4) is 0 Å². The van der Waals surface area contributed by atoms with Gasteiger partial charge in [-0.2, -0.15) is 0 Å². The molecule has 0 saturated heterocycles. The van der Waals surface area contributed by atoms with Gasteiger partial charge >= 0.3 is 0 Å². The lowest BCUT2D eigenvalue weighted by molar-refractivity contribution is 0.102. The number of para-hydroxylation sites is 2. The zero-order valence-electron chi connectivity index (χ0n) is 14.6. The van der Waals surface area contributed by atoms with E-state index in [1.807, 2.05) is 18.2 Å². The monoisotopic (exact) mass is 392 g/mol. The smallest absolute Gasteiger partial charge is 0.259 e. The average Bonchev–Trinajstić information content (AvgIpc) is 2.83. The third kappa shape index (κ3) is 3.89. The van der Waals surface area contributed by atoms with Gasteiger partial charge in [0.25, 0.3) is 15.9 Å². The van der Waals surface area contributed by atoms with Gasteiger partial charge in [-0.15, -0.1) is 0 Å². The molecular weight excluding hydrogens is 376 g/mol. The average molecular weight is 392 g/mol. The predicted molar refractivity (Wildman–Crippen MR) is 109 cm³/mol. The van der Waals surface area contributed by atoms with Gasteiger partial charge in [0, 0.05) is 5.69 Å². The summed E-state index contributed by atoms with van der Waals surface area (Å²) in [5.41, 5.74) is 1.82. The Kier molecular flexibility index (Phi) is 4.58. The second kappa shape index (κ2) is 7.21. The Labute approximate surface area is 162 Å². The first kappa shape index (κ1) is 17.8. The summed E-state index contributed by atoms with van der Waals surface area (Å²) >= 11 is 0. The van der Waals surface area contributed by atoms with Gasteiger partial charge in [0.1, 0.15) is 5.75 Å². The molecule has 1 aliphatic heterocycles. The molecule has 0 aromatic heterocycles. The van der Waals surface area contributed by atoms with E-state index < -0.39 is 10.0 Å². The first-order chi connectivity index (χ1) is 13.5. The van der Waals surface area contributed by atoms with Gasteiger partial charge in [-0.05, 0) is 42.0 Å². The highest BCUT2D eigenvalue weighted by Gasteiger charge is 2.21. The SMILES string of the molecule is O=C1Nc2ccccc2Oc2ccc(NS(=O)(=O)/C=C/c3ccccc3)cc21. The van der Waals surface area contributed by atoms with Crippen molar-refractivity contribution in [3.8, 4) is 11.5 Å². The molecule has 2 N–H and O–H groups in total. The molecular formula is C21H16N2O4S. The van der Waals surface area contributed by atoms with E-state index in [9.17, 15) is 13.2 Å². The molecule has 0 spiro atoms. The molecule has 0 saturated carbocycles. The normalized spacial score (nSPS) is 13.1. The van der Waals surface area contributed by atoms with Crippen LogP contribution >= 0.6 is 0 Å². The number of sulfonamides is 1. The van der Waals surface area contributed by atoms with Crippen molar-refractivity contribution >= 4 is 33.4 Å². The fourth-order valence-electron chi connectivity index (χ4n) is 2.76. The number of ether oxygens (including phenoxy) is 1. The molecule has 0 radical (unpaired) electrons. The van der Waals surface area contributed by atoms with E-state index in [0.717, 1.165) is 11.0 Å². The van der Waals surface area contributed by atoms with Crippen LogP contribution in [0.25, 0.3) is 6.08 Å². The van der Waals surface area contributed by atoms with Gasteiger partial charge in [0.15, 0.2) is 5.75 Å². The van der Waals surface area contributed by atoms with Crippen LogP contribution in [0.2, 0.25) is 0 Å². The maximum absolute atomic E-state index is 12.5. The van der Waals surface area contributed by atoms with Crippen molar-refractivity contribution in [2.75, 3.05) is 10.0 Å². The van der Waals surface area contributed by atoms with Crippen LogP contribution in [0.5, 0.6) is 11.5 Å². The quantitative estimate of drug-likeness (QED) is 0.687. The van der Waals surface area contributed by atoms with E-state index in [4.69, 9.17) is 4.74 Å². The fraction of sp³-hybridized carbons (Fsp3) is 0. The van der Waals surface area contributed by atoms with Crippen LogP contribution in [-0.4, -0.2) is 14.3 Å². The summed E-state index contributed by atoms with van der Waals surface area (Å²) in [6, 6.07) is 20.7. The molecule has 0 fully saturated rings. The molecule has 4 rings (SSSR count). The van der Waals surface area contributed by atoms with Gasteiger partial charge in [-0.3, -0.25) is 9.52 Å². The highest BCUT2D eigenvalue weighted by molar-refractivity contribution is 7.95. The molecule has 140 valence electrons. The molecule has 1 heterocycles. The van der Waals surface area contributed by atoms with Gasteiger partial charge < -0.3 is 10.1 Å². The number of carbonyl (C=O) groups excluding carboxylic acids is 1. The zero-order valence-corrected chi connectivity index (χ0v) is 15.4. The van der Waals surface area contributed by atoms with E-state index in [1.165, 1.54) is 12.1 Å². The van der Waals surface area contributed by atoms with Crippen molar-refractivity contribution in [1.82, 2.24) is 0 Å². The van der Waals surface area contributed by atoms with E-state index in [0.29, 0.717) is 17.2 Å². The number of carbonyl (C=O) groups is 1. The van der Waals surface area contributed by atoms with Crippen molar-refractivity contribution in [3.05, 3.63) is 89.3 Å². The zero-order chi connectivity index (χ0) is 19.6. The van der Waals surface area contributed by atoms with E-state index >= 15 is 0 Å². The van der Waals surface area contributed by atoms with Crippen molar-refractivity contribution < 1.29 is 17.9 Å². The number of nitrogens with one attached hydrogen (secondary N) is 2. The van der Waals surface area contributed by atoms with Crippen LogP contribution in [0.4, 0.5) is 11.4 Å². The fourth-order valence-corrected chi connectivity index (χ4v) is 3.62. The molecule has 28 heavy (non-hydrogen) atoms. The Morgan fingerprint density at radius 1 is 0.893 bits per heavy atom. The van der Waals surface area contributed by atoms with Crippen LogP contribution < -0.4 is 14.8 Å². The Bertz CT molecular complexity index is 1170. The summed E-state index contributed by atoms with van der Waals surface area (Å²) in [7, 11) is -3.74. The van der Waals surface area contributed by atoms with Crippen molar-refractivity contribution in [2.45, 2.75) is 0 Å². The minimum atomic E-state index is -3.74. The molecule has 3 aromatic carbocycles. The number of benzene rings is 3. The standard InChI is InChI=1S/C21H16N2O4S/c24-21-17-14-16(23-28(25,26)13-12-15-6-2-1-3-7-15)10-11-19(17)27-20-9-5-4-8-18(20)22-21/h1-14,23H,(H,22,24)/b13-12+. The molecule has 0 atom stereocenters. The Morgan fingerprint density at radius 3 is 2.46 bits per heavy atom. The van der Waals surface area contributed by atoms with Crippen LogP contribution in [0.15, 0.2) is 78.2 Å². The Balaban J connectivity index is 1.59. The molecule has 3 aromatic rings. The van der Waals surface area contributed by atoms with E-state index in [2.05, 4.69) is 10.0 Å². The molecule has 1 amide bonds. The summed E-state index contributed by atoms with van der Waals surface area (Å²) in [4.78, 5) is 12.5. The van der Waals surface area contributed by atoms with Crippen LogP contribution in [0.1, 0.15) is 15.9 Å². The maximum atomic E-state index is 12.5. The summed E-state index contributed by atoms with van der Waals surface area (Å²) < 4.78 is 32.9. The first-order valence-electron chi connectivity index (χ1n) is 8.48. The maximum Gasteiger partial charge on any atom is 0.259 e. The third-order valence-corrected chi connectivity index (χ3v) is 5.09. The topological polar surface area (TPSA) is 84.5 Å². The lowest BCUT2D eigenvalue weighted by Gasteiger charge is -2.09. The lowest BCUT2D eigenvalue weighted by Crippen LogP contribution is -2.12. The summed E-state index contributed by atoms with van der Waals surface area (Å²) in [6.45, 7) is 0. The number of hydrogen-bond donors (Lipinski definition) is 2. The largest absolute Gasteiger partial charge is 0.454 e. The van der Waals surface area contributed by atoms with Gasteiger partial charge in [0.2, 0.25) is 0 Å². The van der Waals surface area contributed by atoms with Gasteiger partial charge in [-0.25, -0.2) is 8.42 Å². The van der Waals surface area contributed by atoms with Crippen LogP contribution in [-0.2, 0) is 10.0 Å². The molecule has 0 bridgehead atoms. The van der Waals surface area contributed by atoms with E-state index in [1.54, 1.807) is 48.5 Å². The van der Waals surface area contributed by atoms with Gasteiger partial charge in [-0.1, -0.05) is 42.5 Å². The van der Waals surface area contributed by atoms with Crippen molar-refractivity contribution in [1.29, 1.82) is 0 Å². The number of fused-ring (bicyclic) bond motifs is 2. The summed E-state index contributed by atoms with van der Waals surface area (Å²) in [6.07, 6.45) is 1.50. The second-order valence-electron chi connectivity index (χ2n) is 6.12. The van der Waals surface area contributed by atoms with E-state index in [-0.39, 0.29) is 17.2 Å². The minimum absolute atomic E-state index is 0.239. The summed E-state index contributed by atoms with van der Waals surface area (Å²) in [5.74, 6) is 0.500. The molecule has 7 heteroatoms. The molecule has 0 unspecified atom stereocenters. The molecule has 6 nitrogen and oxygen atoms in total. The Hall–Kier alpha value is -3.58. The highest BCUT2D eigenvalue weighted by Crippen LogP contribution is 2.36. The first-order valence-corrected chi connectivity index (χ1v) is 10.0. The van der Waals surface area contributed by atoms with Crippen molar-refractivity contribution in [2.24, 2.45) is 0 Å². The third-order valence-electron chi connectivity index (χ3n) is 4.08. The second-order valence-corrected chi connectivity index (χ2v) is 7.69. The minimum Gasteiger partial charge on any atom is -0.454 e. The highest BCUT2D eigenvalue weighted by atomic mass is 32.2. The molecule has 0 aliphatic carbocycles. The van der Waals surface area contributed by atoms with Crippen LogP contribution in [0, 0.1) is 0 Å². The predicted octanol–water partition coefficient (Wildman–Crippen LogP) is 4.46. The number of anilines is 2. The molecule has 1 aliphatic rings. The number of rotatable bonds is 4. The van der Waals surface area contributed by atoms with Gasteiger partial charge in [0.05, 0.1) is 16.7 Å². The Morgan fingerprint density at radius 2 is 1.64 bits per heavy atom. The number of hydrogen-bond acceptors (Lipinski definition) is 4. The summed E-state index contributed by atoms with van der Waals surface area (Å²) in [5, 5.41) is 3.84. The van der Waals surface area contributed by atoms with Crippen molar-refractivity contribution in [3.63, 3.8) is 0 Å².